The number of carbonyl (C=O) groups excluding carboxylic acids is 1. The second-order valence-corrected chi connectivity index (χ2v) is 8.12. The highest BCUT2D eigenvalue weighted by atomic mass is 19.4. The number of halogens is 3. The predicted molar refractivity (Wildman–Crippen MR) is 129 cm³/mol. The average molecular weight is 499 g/mol. The molecule has 0 aliphatic carbocycles. The van der Waals surface area contributed by atoms with Crippen LogP contribution in [0.3, 0.4) is 0 Å². The maximum Gasteiger partial charge on any atom is 0.417 e. The first-order valence-electron chi connectivity index (χ1n) is 11.4. The second kappa shape index (κ2) is 11.1. The summed E-state index contributed by atoms with van der Waals surface area (Å²) in [6.45, 7) is 3.44. The highest BCUT2D eigenvalue weighted by Gasteiger charge is 2.30. The van der Waals surface area contributed by atoms with Gasteiger partial charge in [0.05, 0.1) is 24.1 Å². The summed E-state index contributed by atoms with van der Waals surface area (Å²) in [6.07, 6.45) is 2.94. The number of aromatic nitrogens is 2. The standard InChI is InChI=1S/C26H25F3N4O3/c1-2-35-22-13-19(14-23(15-22)36-24-6-5-20(16-31-24)26(27,28)29)12-18-7-10-33(11-8-18)25(34)32-21-4-3-9-30-17-21/h3-6,9,12-17H,2,7-8,10-11H2,1H3,(H,32,34). The van der Waals surface area contributed by atoms with E-state index < -0.39 is 11.7 Å². The number of urea groups is 1. The number of nitrogens with zero attached hydrogens (tertiary/aromatic N) is 3. The normalized spacial score (nSPS) is 13.8. The first-order chi connectivity index (χ1) is 17.3. The van der Waals surface area contributed by atoms with Crippen LogP contribution in [0.5, 0.6) is 17.4 Å². The van der Waals surface area contributed by atoms with E-state index in [9.17, 15) is 18.0 Å². The SMILES string of the molecule is CCOc1cc(C=C2CCN(C(=O)Nc3cccnc3)CC2)cc(Oc2ccc(C(F)(F)F)cn2)c1. The van der Waals surface area contributed by atoms with Crippen molar-refractivity contribution in [3.8, 4) is 17.4 Å². The average Bonchev–Trinajstić information content (AvgIpc) is 2.85. The van der Waals surface area contributed by atoms with Gasteiger partial charge in [0.25, 0.3) is 0 Å². The summed E-state index contributed by atoms with van der Waals surface area (Å²) in [5.41, 5.74) is 1.79. The molecule has 1 aromatic carbocycles. The van der Waals surface area contributed by atoms with Crippen molar-refractivity contribution in [3.05, 3.63) is 77.8 Å². The van der Waals surface area contributed by atoms with Crippen LogP contribution in [0.25, 0.3) is 6.08 Å². The predicted octanol–water partition coefficient (Wildman–Crippen LogP) is 6.40. The van der Waals surface area contributed by atoms with Crippen molar-refractivity contribution in [2.45, 2.75) is 25.9 Å². The molecule has 1 saturated heterocycles. The van der Waals surface area contributed by atoms with E-state index in [1.165, 1.54) is 6.07 Å². The number of nitrogens with one attached hydrogen (secondary N) is 1. The Morgan fingerprint density at radius 1 is 1.11 bits per heavy atom. The van der Waals surface area contributed by atoms with E-state index in [2.05, 4.69) is 15.3 Å². The molecule has 36 heavy (non-hydrogen) atoms. The van der Waals surface area contributed by atoms with Crippen molar-refractivity contribution in [1.29, 1.82) is 0 Å². The van der Waals surface area contributed by atoms with Crippen LogP contribution in [0.15, 0.2) is 66.6 Å². The maximum absolute atomic E-state index is 12.8. The Hall–Kier alpha value is -4.08. The molecule has 188 valence electrons. The Kier molecular flexibility index (Phi) is 7.72. The molecule has 0 spiro atoms. The number of alkyl halides is 3. The zero-order valence-electron chi connectivity index (χ0n) is 19.6. The van der Waals surface area contributed by atoms with Gasteiger partial charge in [-0.05, 0) is 55.7 Å². The summed E-state index contributed by atoms with van der Waals surface area (Å²) in [6, 6.07) is 10.8. The molecule has 0 saturated carbocycles. The Labute approximate surface area is 206 Å². The van der Waals surface area contributed by atoms with Crippen LogP contribution in [0.1, 0.15) is 30.9 Å². The molecule has 3 aromatic rings. The molecule has 4 rings (SSSR count). The fraction of sp³-hybridized carbons (Fsp3) is 0.269. The van der Waals surface area contributed by atoms with E-state index in [4.69, 9.17) is 9.47 Å². The van der Waals surface area contributed by atoms with Crippen molar-refractivity contribution in [3.63, 3.8) is 0 Å². The minimum atomic E-state index is -4.46. The van der Waals surface area contributed by atoms with E-state index in [0.29, 0.717) is 49.7 Å². The number of carbonyl (C=O) groups is 1. The maximum atomic E-state index is 12.8. The zero-order chi connectivity index (χ0) is 25.5. The monoisotopic (exact) mass is 498 g/mol. The summed E-state index contributed by atoms with van der Waals surface area (Å²) >= 11 is 0. The van der Waals surface area contributed by atoms with Gasteiger partial charge in [-0.2, -0.15) is 13.2 Å². The molecule has 0 unspecified atom stereocenters. The Bertz CT molecular complexity index is 1210. The molecule has 7 nitrogen and oxygen atoms in total. The van der Waals surface area contributed by atoms with Crippen LogP contribution in [-0.2, 0) is 6.18 Å². The van der Waals surface area contributed by atoms with E-state index in [1.54, 1.807) is 41.6 Å². The lowest BCUT2D eigenvalue weighted by atomic mass is 10.0. The van der Waals surface area contributed by atoms with E-state index in [0.717, 1.165) is 23.4 Å². The van der Waals surface area contributed by atoms with Gasteiger partial charge in [-0.15, -0.1) is 0 Å². The van der Waals surface area contributed by atoms with Crippen LogP contribution in [0.2, 0.25) is 0 Å². The van der Waals surface area contributed by atoms with Gasteiger partial charge >= 0.3 is 12.2 Å². The fourth-order valence-corrected chi connectivity index (χ4v) is 3.73. The van der Waals surface area contributed by atoms with Crippen molar-refractivity contribution >= 4 is 17.8 Å². The summed E-state index contributed by atoms with van der Waals surface area (Å²) in [5, 5.41) is 2.84. The topological polar surface area (TPSA) is 76.6 Å². The lowest BCUT2D eigenvalue weighted by Crippen LogP contribution is -2.39. The van der Waals surface area contributed by atoms with Crippen LogP contribution in [0.4, 0.5) is 23.7 Å². The lowest BCUT2D eigenvalue weighted by molar-refractivity contribution is -0.137. The quantitative estimate of drug-likeness (QED) is 0.426. The molecule has 1 aliphatic rings. The number of hydrogen-bond donors (Lipinski definition) is 1. The Morgan fingerprint density at radius 2 is 1.89 bits per heavy atom. The fourth-order valence-electron chi connectivity index (χ4n) is 3.73. The molecule has 1 fully saturated rings. The molecule has 2 amide bonds. The number of hydrogen-bond acceptors (Lipinski definition) is 5. The Morgan fingerprint density at radius 3 is 2.53 bits per heavy atom. The first-order valence-corrected chi connectivity index (χ1v) is 11.4. The van der Waals surface area contributed by atoms with Crippen molar-refractivity contribution < 1.29 is 27.4 Å². The number of rotatable bonds is 6. The highest BCUT2D eigenvalue weighted by molar-refractivity contribution is 5.89. The van der Waals surface area contributed by atoms with Gasteiger partial charge in [0, 0.05) is 37.6 Å². The van der Waals surface area contributed by atoms with Gasteiger partial charge in [-0.25, -0.2) is 9.78 Å². The van der Waals surface area contributed by atoms with Gasteiger partial charge in [-0.3, -0.25) is 4.98 Å². The molecule has 10 heteroatoms. The molecule has 0 bridgehead atoms. The third-order valence-corrected chi connectivity index (χ3v) is 5.48. The number of likely N-dealkylation sites (tertiary alicyclic amines) is 1. The van der Waals surface area contributed by atoms with Crippen molar-refractivity contribution in [2.24, 2.45) is 0 Å². The summed E-state index contributed by atoms with van der Waals surface area (Å²) in [4.78, 5) is 22.0. The third-order valence-electron chi connectivity index (χ3n) is 5.48. The largest absolute Gasteiger partial charge is 0.494 e. The van der Waals surface area contributed by atoms with E-state index in [-0.39, 0.29) is 11.9 Å². The van der Waals surface area contributed by atoms with E-state index in [1.807, 2.05) is 19.1 Å². The molecule has 2 aromatic heterocycles. The van der Waals surface area contributed by atoms with Gasteiger partial charge in [-0.1, -0.05) is 11.6 Å². The van der Waals surface area contributed by atoms with Crippen LogP contribution >= 0.6 is 0 Å². The number of piperidine rings is 1. The number of ether oxygens (including phenoxy) is 2. The third kappa shape index (κ3) is 6.74. The number of pyridine rings is 2. The molecule has 1 N–H and O–H groups in total. The van der Waals surface area contributed by atoms with Gasteiger partial charge in [0.15, 0.2) is 0 Å². The number of anilines is 1. The minimum Gasteiger partial charge on any atom is -0.494 e. The molecular formula is C26H25F3N4O3. The molecule has 0 radical (unpaired) electrons. The van der Waals surface area contributed by atoms with Crippen LogP contribution < -0.4 is 14.8 Å². The number of benzene rings is 1. The van der Waals surface area contributed by atoms with Crippen LogP contribution in [0, 0.1) is 0 Å². The smallest absolute Gasteiger partial charge is 0.417 e. The lowest BCUT2D eigenvalue weighted by Gasteiger charge is -2.28. The van der Waals surface area contributed by atoms with E-state index >= 15 is 0 Å². The molecule has 0 atom stereocenters. The Balaban J connectivity index is 1.43. The van der Waals surface area contributed by atoms with Crippen molar-refractivity contribution in [2.75, 3.05) is 25.0 Å². The summed E-state index contributed by atoms with van der Waals surface area (Å²) in [5.74, 6) is 1.01. The number of amides is 2. The molecule has 1 aliphatic heterocycles. The minimum absolute atomic E-state index is 0.0446. The van der Waals surface area contributed by atoms with Crippen molar-refractivity contribution in [1.82, 2.24) is 14.9 Å². The highest BCUT2D eigenvalue weighted by Crippen LogP contribution is 2.32. The van der Waals surface area contributed by atoms with Gasteiger partial charge < -0.3 is 19.7 Å². The first kappa shape index (κ1) is 25.0. The zero-order valence-corrected chi connectivity index (χ0v) is 19.6. The summed E-state index contributed by atoms with van der Waals surface area (Å²) in [7, 11) is 0. The second-order valence-electron chi connectivity index (χ2n) is 8.12. The molecule has 3 heterocycles. The summed E-state index contributed by atoms with van der Waals surface area (Å²) < 4.78 is 49.7. The van der Waals surface area contributed by atoms with Crippen LogP contribution in [-0.4, -0.2) is 40.6 Å². The molecular weight excluding hydrogens is 473 g/mol. The van der Waals surface area contributed by atoms with Gasteiger partial charge in [0.2, 0.25) is 5.88 Å². The van der Waals surface area contributed by atoms with Gasteiger partial charge in [0.1, 0.15) is 11.5 Å².